The predicted octanol–water partition coefficient (Wildman–Crippen LogP) is 1.57. The molecular weight excluding hydrogens is 272 g/mol. The first-order valence-corrected chi connectivity index (χ1v) is 7.69. The van der Waals surface area contributed by atoms with Crippen molar-refractivity contribution in [3.8, 4) is 0 Å². The molecule has 3 aliphatic heterocycles. The third-order valence-electron chi connectivity index (χ3n) is 4.59. The predicted molar refractivity (Wildman–Crippen MR) is 76.7 cm³/mol. The number of rotatable bonds is 4. The van der Waals surface area contributed by atoms with E-state index in [2.05, 4.69) is 12.2 Å². The van der Waals surface area contributed by atoms with Crippen molar-refractivity contribution in [2.75, 3.05) is 27.4 Å². The Bertz CT molecular complexity index is 400. The molecule has 0 aromatic heterocycles. The number of methoxy groups -OCH3 is 2. The summed E-state index contributed by atoms with van der Waals surface area (Å²) in [6.07, 6.45) is 8.06. The Balaban J connectivity index is 1.74. The highest BCUT2D eigenvalue weighted by Crippen LogP contribution is 2.32. The Morgan fingerprint density at radius 1 is 1.10 bits per heavy atom. The third-order valence-corrected chi connectivity index (χ3v) is 4.59. The van der Waals surface area contributed by atoms with Crippen molar-refractivity contribution in [1.82, 2.24) is 9.96 Å². The zero-order chi connectivity index (χ0) is 14.8. The number of amides is 2. The molecule has 6 heteroatoms. The molecule has 4 atom stereocenters. The van der Waals surface area contributed by atoms with E-state index in [9.17, 15) is 4.79 Å². The van der Waals surface area contributed by atoms with Gasteiger partial charge in [0.2, 0.25) is 0 Å². The van der Waals surface area contributed by atoms with Crippen molar-refractivity contribution >= 4 is 6.03 Å². The van der Waals surface area contributed by atoms with E-state index < -0.39 is 0 Å². The topological polar surface area (TPSA) is 51.2 Å². The van der Waals surface area contributed by atoms with E-state index in [1.165, 1.54) is 0 Å². The van der Waals surface area contributed by atoms with E-state index in [0.29, 0.717) is 13.2 Å². The van der Waals surface area contributed by atoms with Crippen LogP contribution in [0.25, 0.3) is 0 Å². The first-order chi connectivity index (χ1) is 10.2. The number of likely N-dealkylation sites (tertiary alicyclic amines) is 1. The number of nitrogens with zero attached hydrogens (tertiary/aromatic N) is 2. The maximum Gasteiger partial charge on any atom is 0.345 e. The van der Waals surface area contributed by atoms with Gasteiger partial charge in [0.25, 0.3) is 0 Å². The number of carbonyl (C=O) groups is 1. The summed E-state index contributed by atoms with van der Waals surface area (Å²) in [6.45, 7) is 1.12. The number of ether oxygens (including phenoxy) is 2. The second-order valence-corrected chi connectivity index (χ2v) is 5.98. The lowest BCUT2D eigenvalue weighted by Gasteiger charge is -2.43. The number of urea groups is 1. The van der Waals surface area contributed by atoms with Gasteiger partial charge in [0.15, 0.2) is 0 Å². The molecule has 0 unspecified atom stereocenters. The van der Waals surface area contributed by atoms with Crippen LogP contribution in [0.5, 0.6) is 0 Å². The average Bonchev–Trinajstić information content (AvgIpc) is 2.91. The molecule has 118 valence electrons. The zero-order valence-electron chi connectivity index (χ0n) is 12.7. The van der Waals surface area contributed by atoms with Gasteiger partial charge in [0, 0.05) is 14.2 Å². The summed E-state index contributed by atoms with van der Waals surface area (Å²) in [5.74, 6) is 0. The summed E-state index contributed by atoms with van der Waals surface area (Å²) >= 11 is 0. The normalized spacial score (nSPS) is 34.8. The van der Waals surface area contributed by atoms with Crippen LogP contribution in [0.3, 0.4) is 0 Å². The van der Waals surface area contributed by atoms with E-state index in [1.54, 1.807) is 19.3 Å². The van der Waals surface area contributed by atoms with Gasteiger partial charge in [-0.15, -0.1) is 0 Å². The molecule has 0 radical (unpaired) electrons. The summed E-state index contributed by atoms with van der Waals surface area (Å²) in [5.41, 5.74) is 0. The molecule has 6 nitrogen and oxygen atoms in total. The fraction of sp³-hybridized carbons (Fsp3) is 0.800. The van der Waals surface area contributed by atoms with Gasteiger partial charge in [0.1, 0.15) is 6.10 Å². The van der Waals surface area contributed by atoms with Crippen LogP contribution in [-0.4, -0.2) is 67.7 Å². The minimum atomic E-state index is -0.0457. The monoisotopic (exact) mass is 296 g/mol. The van der Waals surface area contributed by atoms with Gasteiger partial charge >= 0.3 is 6.03 Å². The molecule has 2 fully saturated rings. The fourth-order valence-corrected chi connectivity index (χ4v) is 3.57. The molecule has 4 aliphatic rings. The van der Waals surface area contributed by atoms with E-state index in [1.807, 2.05) is 4.90 Å². The molecule has 0 N–H and O–H groups in total. The highest BCUT2D eigenvalue weighted by molar-refractivity contribution is 5.75. The molecule has 21 heavy (non-hydrogen) atoms. The van der Waals surface area contributed by atoms with Crippen molar-refractivity contribution in [3.05, 3.63) is 12.2 Å². The van der Waals surface area contributed by atoms with Crippen molar-refractivity contribution in [2.24, 2.45) is 0 Å². The van der Waals surface area contributed by atoms with Crippen molar-refractivity contribution in [2.45, 2.75) is 49.9 Å². The summed E-state index contributed by atoms with van der Waals surface area (Å²) in [6, 6.07) is 0.233. The van der Waals surface area contributed by atoms with Gasteiger partial charge in [0.05, 0.1) is 31.3 Å². The molecular formula is C15H24N2O4. The summed E-state index contributed by atoms with van der Waals surface area (Å²) in [5, 5.41) is 1.56. The molecule has 0 aromatic carbocycles. The minimum absolute atomic E-state index is 0.0447. The SMILES string of the molecule is COC[C@H]1CC[C@H](COC)N1C(=O)N1O[C@H]2C=C[C@@H]1CC2. The maximum atomic E-state index is 12.9. The lowest BCUT2D eigenvalue weighted by molar-refractivity contribution is -0.203. The van der Waals surface area contributed by atoms with E-state index in [4.69, 9.17) is 14.3 Å². The average molecular weight is 296 g/mol. The maximum absolute atomic E-state index is 12.9. The first-order valence-electron chi connectivity index (χ1n) is 7.69. The molecule has 4 rings (SSSR count). The van der Waals surface area contributed by atoms with Gasteiger partial charge in [-0.25, -0.2) is 4.79 Å². The summed E-state index contributed by atoms with van der Waals surface area (Å²) in [7, 11) is 3.35. The Hall–Kier alpha value is -1.11. The lowest BCUT2D eigenvalue weighted by atomic mass is 9.98. The van der Waals surface area contributed by atoms with Crippen molar-refractivity contribution in [1.29, 1.82) is 0 Å². The number of carbonyl (C=O) groups excluding carboxylic acids is 1. The Kier molecular flexibility index (Phi) is 4.47. The molecule has 2 bridgehead atoms. The smallest absolute Gasteiger partial charge is 0.345 e. The number of fused-ring (bicyclic) bond motifs is 2. The quantitative estimate of drug-likeness (QED) is 0.739. The second kappa shape index (κ2) is 6.34. The Morgan fingerprint density at radius 3 is 2.19 bits per heavy atom. The van der Waals surface area contributed by atoms with Crippen LogP contribution >= 0.6 is 0 Å². The standard InChI is InChI=1S/C15H24N2O4/c1-19-9-12-3-4-13(10-20-2)16(12)15(18)17-11-5-7-14(21-17)8-6-11/h5,7,11-14H,3-4,6,8-10H2,1-2H3/t11-,12-,13-,14+/m1/s1. The molecule has 2 amide bonds. The molecule has 0 aromatic rings. The molecule has 0 saturated carbocycles. The van der Waals surface area contributed by atoms with E-state index >= 15 is 0 Å². The van der Waals surface area contributed by atoms with Crippen molar-refractivity contribution in [3.63, 3.8) is 0 Å². The fourth-order valence-electron chi connectivity index (χ4n) is 3.57. The van der Waals surface area contributed by atoms with Gasteiger partial charge in [-0.1, -0.05) is 12.2 Å². The lowest BCUT2D eigenvalue weighted by Crippen LogP contribution is -2.57. The van der Waals surface area contributed by atoms with E-state index in [-0.39, 0.29) is 30.3 Å². The van der Waals surface area contributed by atoms with Crippen LogP contribution < -0.4 is 0 Å². The molecule has 3 heterocycles. The third kappa shape index (κ3) is 2.80. The van der Waals surface area contributed by atoms with Crippen LogP contribution in [0, 0.1) is 0 Å². The van der Waals surface area contributed by atoms with E-state index in [0.717, 1.165) is 25.7 Å². The number of hydrogen-bond donors (Lipinski definition) is 0. The van der Waals surface area contributed by atoms with Crippen LogP contribution in [-0.2, 0) is 14.3 Å². The largest absolute Gasteiger partial charge is 0.383 e. The Labute approximate surface area is 125 Å². The van der Waals surface area contributed by atoms with Gasteiger partial charge < -0.3 is 14.4 Å². The zero-order valence-corrected chi connectivity index (χ0v) is 12.7. The molecule has 1 aliphatic carbocycles. The van der Waals surface area contributed by atoms with Gasteiger partial charge in [-0.05, 0) is 25.7 Å². The number of hydrogen-bond acceptors (Lipinski definition) is 4. The van der Waals surface area contributed by atoms with Crippen LogP contribution in [0.4, 0.5) is 4.79 Å². The molecule has 0 spiro atoms. The molecule has 2 saturated heterocycles. The Morgan fingerprint density at radius 2 is 1.76 bits per heavy atom. The summed E-state index contributed by atoms with van der Waals surface area (Å²) in [4.78, 5) is 20.6. The van der Waals surface area contributed by atoms with Crippen LogP contribution in [0.2, 0.25) is 0 Å². The highest BCUT2D eigenvalue weighted by atomic mass is 16.7. The van der Waals surface area contributed by atoms with Crippen molar-refractivity contribution < 1.29 is 19.1 Å². The van der Waals surface area contributed by atoms with Gasteiger partial charge in [-0.2, -0.15) is 5.06 Å². The van der Waals surface area contributed by atoms with Crippen LogP contribution in [0.15, 0.2) is 12.2 Å². The minimum Gasteiger partial charge on any atom is -0.383 e. The van der Waals surface area contributed by atoms with Crippen LogP contribution in [0.1, 0.15) is 25.7 Å². The highest BCUT2D eigenvalue weighted by Gasteiger charge is 2.43. The second-order valence-electron chi connectivity index (χ2n) is 5.98. The van der Waals surface area contributed by atoms with Gasteiger partial charge in [-0.3, -0.25) is 4.84 Å². The first kappa shape index (κ1) is 14.8. The number of hydroxylamine groups is 2. The summed E-state index contributed by atoms with van der Waals surface area (Å²) < 4.78 is 10.5.